The van der Waals surface area contributed by atoms with Gasteiger partial charge in [0.25, 0.3) is 0 Å². The van der Waals surface area contributed by atoms with E-state index in [-0.39, 0.29) is 5.97 Å². The first-order valence-corrected chi connectivity index (χ1v) is 5.25. The van der Waals surface area contributed by atoms with Gasteiger partial charge in [0.1, 0.15) is 5.54 Å². The number of rotatable bonds is 5. The molecule has 0 aliphatic carbocycles. The fourth-order valence-corrected chi connectivity index (χ4v) is 1.09. The minimum Gasteiger partial charge on any atom is -0.468 e. The molecule has 2 N–H and O–H groups in total. The second kappa shape index (κ2) is 6.16. The summed E-state index contributed by atoms with van der Waals surface area (Å²) in [5, 5.41) is 0.920. The topological polar surface area (TPSA) is 52.3 Å². The van der Waals surface area contributed by atoms with Crippen molar-refractivity contribution in [1.82, 2.24) is 0 Å². The molecule has 3 nitrogen and oxygen atoms in total. The van der Waals surface area contributed by atoms with Crippen molar-refractivity contribution in [3.63, 3.8) is 0 Å². The fraction of sp³-hybridized carbons (Fsp3) is 0.667. The molecule has 0 aromatic heterocycles. The van der Waals surface area contributed by atoms with E-state index in [1.165, 1.54) is 7.11 Å². The molecule has 4 heteroatoms. The molecule has 0 radical (unpaired) electrons. The van der Waals surface area contributed by atoms with E-state index in [1.807, 2.05) is 12.2 Å². The van der Waals surface area contributed by atoms with Gasteiger partial charge in [-0.3, -0.25) is 4.79 Å². The summed E-state index contributed by atoms with van der Waals surface area (Å²) in [6.45, 7) is 1.66. The molecule has 0 rings (SSSR count). The maximum atomic E-state index is 11.1. The van der Waals surface area contributed by atoms with Gasteiger partial charge in [-0.15, -0.1) is 0 Å². The number of carbonyl (C=O) groups excluding carboxylic acids is 1. The second-order valence-corrected chi connectivity index (χ2v) is 3.86. The van der Waals surface area contributed by atoms with Crippen LogP contribution in [0, 0.1) is 0 Å². The monoisotopic (exact) mass is 249 g/mol. The number of alkyl halides is 1. The van der Waals surface area contributed by atoms with Gasteiger partial charge in [0.15, 0.2) is 0 Å². The summed E-state index contributed by atoms with van der Waals surface area (Å²) in [6, 6.07) is 0. The summed E-state index contributed by atoms with van der Waals surface area (Å²) < 4.78 is 4.56. The molecule has 0 aromatic carbocycles. The van der Waals surface area contributed by atoms with Gasteiger partial charge in [0.2, 0.25) is 0 Å². The van der Waals surface area contributed by atoms with Crippen LogP contribution < -0.4 is 5.73 Å². The number of hydrogen-bond donors (Lipinski definition) is 1. The first kappa shape index (κ1) is 12.7. The zero-order valence-electron chi connectivity index (χ0n) is 8.05. The summed E-state index contributed by atoms with van der Waals surface area (Å²) in [5.41, 5.74) is 4.81. The molecule has 0 saturated heterocycles. The Hall–Kier alpha value is -0.350. The Morgan fingerprint density at radius 3 is 2.69 bits per heavy atom. The maximum absolute atomic E-state index is 11.1. The van der Waals surface area contributed by atoms with E-state index >= 15 is 0 Å². The zero-order valence-corrected chi connectivity index (χ0v) is 9.63. The van der Waals surface area contributed by atoms with Gasteiger partial charge in [-0.2, -0.15) is 0 Å². The number of hydrogen-bond acceptors (Lipinski definition) is 3. The highest BCUT2D eigenvalue weighted by molar-refractivity contribution is 9.09. The third kappa shape index (κ3) is 5.05. The van der Waals surface area contributed by atoms with E-state index in [2.05, 4.69) is 20.7 Å². The smallest absolute Gasteiger partial charge is 0.325 e. The molecule has 13 heavy (non-hydrogen) atoms. The van der Waals surface area contributed by atoms with Crippen molar-refractivity contribution in [1.29, 1.82) is 0 Å². The third-order valence-electron chi connectivity index (χ3n) is 1.64. The third-order valence-corrected chi connectivity index (χ3v) is 2.09. The van der Waals surface area contributed by atoms with Crippen LogP contribution in [0.15, 0.2) is 12.2 Å². The van der Waals surface area contributed by atoms with E-state index in [4.69, 9.17) is 5.73 Å². The number of halogens is 1. The van der Waals surface area contributed by atoms with Gasteiger partial charge in [0, 0.05) is 5.33 Å². The normalized spacial score (nSPS) is 15.7. The lowest BCUT2D eigenvalue weighted by molar-refractivity contribution is -0.146. The summed E-state index contributed by atoms with van der Waals surface area (Å²) in [6.07, 6.45) is 5.34. The van der Waals surface area contributed by atoms with Crippen molar-refractivity contribution in [3.8, 4) is 0 Å². The summed E-state index contributed by atoms with van der Waals surface area (Å²) in [7, 11) is 1.34. The lowest BCUT2D eigenvalue weighted by atomic mass is 9.99. The van der Waals surface area contributed by atoms with E-state index in [0.717, 1.165) is 11.8 Å². The van der Waals surface area contributed by atoms with Gasteiger partial charge in [-0.25, -0.2) is 0 Å². The van der Waals surface area contributed by atoms with Crippen LogP contribution in [-0.4, -0.2) is 23.9 Å². The van der Waals surface area contributed by atoms with Crippen molar-refractivity contribution < 1.29 is 9.53 Å². The summed E-state index contributed by atoms with van der Waals surface area (Å²) in [5.74, 6) is -0.379. The molecule has 0 bridgehead atoms. The minimum atomic E-state index is -0.905. The molecule has 1 unspecified atom stereocenters. The minimum absolute atomic E-state index is 0.379. The van der Waals surface area contributed by atoms with Gasteiger partial charge >= 0.3 is 5.97 Å². The SMILES string of the molecule is COC(=O)C(C)(N)C/C=C/CCBr. The Morgan fingerprint density at radius 2 is 2.23 bits per heavy atom. The number of ether oxygens (including phenoxy) is 1. The quantitative estimate of drug-likeness (QED) is 0.458. The molecule has 1 atom stereocenters. The zero-order chi connectivity index (χ0) is 10.3. The van der Waals surface area contributed by atoms with Crippen LogP contribution in [0.2, 0.25) is 0 Å². The predicted molar refractivity (Wildman–Crippen MR) is 56.8 cm³/mol. The summed E-state index contributed by atoms with van der Waals surface area (Å²) >= 11 is 3.30. The van der Waals surface area contributed by atoms with Crippen LogP contribution >= 0.6 is 15.9 Å². The first-order chi connectivity index (χ1) is 6.04. The molecule has 0 fully saturated rings. The number of methoxy groups -OCH3 is 1. The van der Waals surface area contributed by atoms with E-state index in [1.54, 1.807) is 6.92 Å². The molecule has 76 valence electrons. The summed E-state index contributed by atoms with van der Waals surface area (Å²) in [4.78, 5) is 11.1. The standard InChI is InChI=1S/C9H16BrNO2/c1-9(11,8(12)13-2)6-4-3-5-7-10/h3-4H,5-7,11H2,1-2H3/b4-3+. The number of nitrogens with two attached hydrogens (primary N) is 1. The van der Waals surface area contributed by atoms with Crippen LogP contribution in [0.1, 0.15) is 19.8 Å². The Bertz CT molecular complexity index is 190. The largest absolute Gasteiger partial charge is 0.468 e. The lowest BCUT2D eigenvalue weighted by Crippen LogP contribution is -2.45. The Labute approximate surface area is 87.5 Å². The van der Waals surface area contributed by atoms with E-state index < -0.39 is 5.54 Å². The Morgan fingerprint density at radius 1 is 1.62 bits per heavy atom. The second-order valence-electron chi connectivity index (χ2n) is 3.06. The highest BCUT2D eigenvalue weighted by atomic mass is 79.9. The van der Waals surface area contributed by atoms with Crippen LogP contribution in [0.3, 0.4) is 0 Å². The molecule has 0 aromatic rings. The Balaban J connectivity index is 3.95. The molecule has 0 aliphatic rings. The molecule has 0 saturated carbocycles. The lowest BCUT2D eigenvalue weighted by Gasteiger charge is -2.18. The first-order valence-electron chi connectivity index (χ1n) is 4.13. The Kier molecular flexibility index (Phi) is 5.99. The van der Waals surface area contributed by atoms with Crippen molar-refractivity contribution in [2.45, 2.75) is 25.3 Å². The van der Waals surface area contributed by atoms with Crippen LogP contribution in [0.4, 0.5) is 0 Å². The average Bonchev–Trinajstić information content (AvgIpc) is 2.11. The average molecular weight is 250 g/mol. The molecular formula is C9H16BrNO2. The molecule has 0 amide bonds. The molecule has 0 heterocycles. The number of esters is 1. The van der Waals surface area contributed by atoms with Crippen LogP contribution in [0.25, 0.3) is 0 Å². The predicted octanol–water partition coefficient (Wildman–Crippen LogP) is 1.61. The van der Waals surface area contributed by atoms with Crippen LogP contribution in [0.5, 0.6) is 0 Å². The van der Waals surface area contributed by atoms with Gasteiger partial charge in [0.05, 0.1) is 7.11 Å². The van der Waals surface area contributed by atoms with E-state index in [9.17, 15) is 4.79 Å². The van der Waals surface area contributed by atoms with Crippen LogP contribution in [-0.2, 0) is 9.53 Å². The fourth-order valence-electron chi connectivity index (χ4n) is 0.825. The number of allylic oxidation sites excluding steroid dienone is 1. The van der Waals surface area contributed by atoms with Crippen molar-refractivity contribution in [3.05, 3.63) is 12.2 Å². The highest BCUT2D eigenvalue weighted by Crippen LogP contribution is 2.08. The number of carbonyl (C=O) groups is 1. The van der Waals surface area contributed by atoms with Crippen molar-refractivity contribution in [2.75, 3.05) is 12.4 Å². The van der Waals surface area contributed by atoms with Crippen molar-refractivity contribution >= 4 is 21.9 Å². The maximum Gasteiger partial charge on any atom is 0.325 e. The molecule has 0 spiro atoms. The molecule has 0 aliphatic heterocycles. The van der Waals surface area contributed by atoms with Gasteiger partial charge in [-0.1, -0.05) is 28.1 Å². The highest BCUT2D eigenvalue weighted by Gasteiger charge is 2.27. The van der Waals surface area contributed by atoms with Gasteiger partial charge in [-0.05, 0) is 19.8 Å². The molecular weight excluding hydrogens is 234 g/mol. The van der Waals surface area contributed by atoms with Crippen molar-refractivity contribution in [2.24, 2.45) is 5.73 Å². The van der Waals surface area contributed by atoms with E-state index in [0.29, 0.717) is 6.42 Å². The van der Waals surface area contributed by atoms with Gasteiger partial charge < -0.3 is 10.5 Å².